The monoisotopic (exact) mass is 271 g/mol. The maximum absolute atomic E-state index is 12.2. The average Bonchev–Trinajstić information content (AvgIpc) is 2.01. The van der Waals surface area contributed by atoms with Crippen molar-refractivity contribution >= 4 is 0 Å². The summed E-state index contributed by atoms with van der Waals surface area (Å²) in [7, 11) is 0. The first-order valence-electron chi connectivity index (χ1n) is 4.72. The van der Waals surface area contributed by atoms with Crippen molar-refractivity contribution in [3.8, 4) is 0 Å². The van der Waals surface area contributed by atoms with E-state index in [2.05, 4.69) is 0 Å². The molecule has 0 aliphatic rings. The summed E-state index contributed by atoms with van der Waals surface area (Å²) in [6.45, 7) is 7.28. The van der Waals surface area contributed by atoms with Gasteiger partial charge in [-0.05, 0) is 27.3 Å². The summed E-state index contributed by atoms with van der Waals surface area (Å²) in [6, 6.07) is -0.910. The predicted octanol–water partition coefficient (Wildman–Crippen LogP) is 2.03. The van der Waals surface area contributed by atoms with Crippen LogP contribution in [-0.2, 0) is 16.5 Å². The Labute approximate surface area is 98.8 Å². The fourth-order valence-corrected chi connectivity index (χ4v) is 1.58. The van der Waals surface area contributed by atoms with E-state index in [9.17, 15) is 13.2 Å². The number of alkyl halides is 3. The third-order valence-corrected chi connectivity index (χ3v) is 2.34. The molecule has 6 heteroatoms. The van der Waals surface area contributed by atoms with E-state index >= 15 is 0 Å². The minimum Gasteiger partial charge on any atom is -0.382 e. The van der Waals surface area contributed by atoms with Crippen molar-refractivity contribution in [3.05, 3.63) is 0 Å². The maximum atomic E-state index is 12.2. The Balaban J connectivity index is 0. The molecule has 0 aromatic heterocycles. The predicted molar refractivity (Wildman–Crippen MR) is 49.0 cm³/mol. The zero-order valence-corrected chi connectivity index (χ0v) is 10.3. The van der Waals surface area contributed by atoms with E-state index in [4.69, 9.17) is 5.11 Å². The van der Waals surface area contributed by atoms with Crippen molar-refractivity contribution in [3.63, 3.8) is 0 Å². The van der Waals surface area contributed by atoms with Gasteiger partial charge >= 0.3 is 6.18 Å². The summed E-state index contributed by atoms with van der Waals surface area (Å²) in [4.78, 5) is 1.61. The van der Waals surface area contributed by atoms with Crippen LogP contribution in [0.2, 0.25) is 0 Å². The molecule has 96 valence electrons. The quantitative estimate of drug-likeness (QED) is 0.791. The summed E-state index contributed by atoms with van der Waals surface area (Å²) in [5, 5.41) is 9.04. The first kappa shape index (κ1) is 17.6. The SMILES string of the molecule is CCN(C(C)C)C(C)C(O)C(F)(F)F.[Ni]. The fraction of sp³-hybridized carbons (Fsp3) is 1.00. The molecule has 0 fully saturated rings. The van der Waals surface area contributed by atoms with Crippen LogP contribution in [0.5, 0.6) is 0 Å². The molecule has 2 unspecified atom stereocenters. The molecule has 2 atom stereocenters. The molecule has 0 aliphatic heterocycles. The van der Waals surface area contributed by atoms with Crippen LogP contribution in [0.1, 0.15) is 27.7 Å². The molecule has 2 nitrogen and oxygen atoms in total. The van der Waals surface area contributed by atoms with Gasteiger partial charge in [0.2, 0.25) is 0 Å². The third kappa shape index (κ3) is 5.18. The average molecular weight is 272 g/mol. The van der Waals surface area contributed by atoms with Gasteiger partial charge in [-0.25, -0.2) is 0 Å². The molecule has 0 heterocycles. The largest absolute Gasteiger partial charge is 0.415 e. The number of hydrogen-bond donors (Lipinski definition) is 1. The third-order valence-electron chi connectivity index (χ3n) is 2.34. The maximum Gasteiger partial charge on any atom is 0.415 e. The van der Waals surface area contributed by atoms with Crippen LogP contribution in [0.25, 0.3) is 0 Å². The summed E-state index contributed by atoms with van der Waals surface area (Å²) >= 11 is 0. The second-order valence-electron chi connectivity index (χ2n) is 3.65. The molecular formula is C9H18F3NNiO. The Morgan fingerprint density at radius 3 is 1.80 bits per heavy atom. The van der Waals surface area contributed by atoms with Gasteiger partial charge in [0.25, 0.3) is 0 Å². The summed E-state index contributed by atoms with van der Waals surface area (Å²) in [6.07, 6.45) is -6.81. The van der Waals surface area contributed by atoms with Crippen LogP contribution in [0, 0.1) is 0 Å². The Morgan fingerprint density at radius 2 is 1.60 bits per heavy atom. The molecule has 0 bridgehead atoms. The van der Waals surface area contributed by atoms with Crippen molar-refractivity contribution in [2.24, 2.45) is 0 Å². The van der Waals surface area contributed by atoms with Crippen LogP contribution >= 0.6 is 0 Å². The number of likely N-dealkylation sites (N-methyl/N-ethyl adjacent to an activating group) is 1. The molecule has 0 radical (unpaired) electrons. The van der Waals surface area contributed by atoms with Gasteiger partial charge < -0.3 is 5.11 Å². The molecule has 0 spiro atoms. The van der Waals surface area contributed by atoms with Gasteiger partial charge in [0.15, 0.2) is 6.10 Å². The second-order valence-corrected chi connectivity index (χ2v) is 3.65. The van der Waals surface area contributed by atoms with E-state index in [1.165, 1.54) is 6.92 Å². The van der Waals surface area contributed by atoms with Gasteiger partial charge in [0, 0.05) is 28.6 Å². The number of aliphatic hydroxyl groups is 1. The Morgan fingerprint density at radius 1 is 1.20 bits per heavy atom. The zero-order valence-electron chi connectivity index (χ0n) is 9.28. The molecule has 0 aromatic rings. The number of aliphatic hydroxyl groups excluding tert-OH is 1. The molecule has 0 rings (SSSR count). The summed E-state index contributed by atoms with van der Waals surface area (Å²) < 4.78 is 36.5. The summed E-state index contributed by atoms with van der Waals surface area (Å²) in [5.41, 5.74) is 0. The second kappa shape index (κ2) is 6.71. The number of rotatable bonds is 4. The van der Waals surface area contributed by atoms with Gasteiger partial charge in [-0.2, -0.15) is 13.2 Å². The molecule has 0 aromatic carbocycles. The van der Waals surface area contributed by atoms with Crippen molar-refractivity contribution in [1.82, 2.24) is 4.90 Å². The molecule has 0 saturated carbocycles. The van der Waals surface area contributed by atoms with E-state index in [0.29, 0.717) is 6.54 Å². The fourth-order valence-electron chi connectivity index (χ4n) is 1.58. The molecule has 0 saturated heterocycles. The van der Waals surface area contributed by atoms with Gasteiger partial charge in [0.1, 0.15) is 0 Å². The zero-order chi connectivity index (χ0) is 11.5. The van der Waals surface area contributed by atoms with Crippen LogP contribution < -0.4 is 0 Å². The molecule has 1 N–H and O–H groups in total. The van der Waals surface area contributed by atoms with Crippen molar-refractivity contribution in [2.75, 3.05) is 6.54 Å². The molecule has 0 amide bonds. The van der Waals surface area contributed by atoms with Crippen LogP contribution in [0.3, 0.4) is 0 Å². The van der Waals surface area contributed by atoms with E-state index in [1.54, 1.807) is 11.8 Å². The van der Waals surface area contributed by atoms with Crippen molar-refractivity contribution < 1.29 is 34.8 Å². The normalized spacial score (nSPS) is 16.4. The van der Waals surface area contributed by atoms with E-state index in [1.807, 2.05) is 13.8 Å². The first-order chi connectivity index (χ1) is 6.21. The Bertz CT molecular complexity index is 173. The topological polar surface area (TPSA) is 23.5 Å². The van der Waals surface area contributed by atoms with E-state index in [0.717, 1.165) is 0 Å². The summed E-state index contributed by atoms with van der Waals surface area (Å²) in [5.74, 6) is 0. The van der Waals surface area contributed by atoms with Gasteiger partial charge in [-0.15, -0.1) is 0 Å². The van der Waals surface area contributed by atoms with Crippen LogP contribution in [0.4, 0.5) is 13.2 Å². The van der Waals surface area contributed by atoms with Crippen molar-refractivity contribution in [2.45, 2.75) is 52.1 Å². The minimum atomic E-state index is -4.54. The van der Waals surface area contributed by atoms with E-state index in [-0.39, 0.29) is 22.5 Å². The van der Waals surface area contributed by atoms with Gasteiger partial charge in [-0.3, -0.25) is 4.90 Å². The molecule has 15 heavy (non-hydrogen) atoms. The number of halogens is 3. The Kier molecular flexibility index (Phi) is 7.88. The first-order valence-corrected chi connectivity index (χ1v) is 4.72. The molecular weight excluding hydrogens is 254 g/mol. The van der Waals surface area contributed by atoms with Gasteiger partial charge in [-0.1, -0.05) is 6.92 Å². The Hall–Kier alpha value is 0.204. The standard InChI is InChI=1S/C9H18F3NO.Ni/c1-5-13(6(2)3)7(4)8(14)9(10,11)12;/h6-8,14H,5H2,1-4H3;. The van der Waals surface area contributed by atoms with Gasteiger partial charge in [0.05, 0.1) is 0 Å². The number of nitrogens with zero attached hydrogens (tertiary/aromatic N) is 1. The van der Waals surface area contributed by atoms with Crippen molar-refractivity contribution in [1.29, 1.82) is 0 Å². The molecule has 0 aliphatic carbocycles. The van der Waals surface area contributed by atoms with Crippen LogP contribution in [0.15, 0.2) is 0 Å². The van der Waals surface area contributed by atoms with E-state index < -0.39 is 18.3 Å². The van der Waals surface area contributed by atoms with Crippen LogP contribution in [-0.4, -0.2) is 40.9 Å². The smallest absolute Gasteiger partial charge is 0.382 e. The minimum absolute atomic E-state index is 0. The number of hydrogen-bond acceptors (Lipinski definition) is 2.